The fraction of sp³-hybridized carbons (Fsp3) is 0.214. The van der Waals surface area contributed by atoms with E-state index in [2.05, 4.69) is 27.5 Å². The monoisotopic (exact) mass is 480 g/mol. The molecule has 8 heteroatoms. The van der Waals surface area contributed by atoms with Crippen molar-refractivity contribution in [2.24, 2.45) is 13.0 Å². The van der Waals surface area contributed by atoms with Crippen LogP contribution in [0.25, 0.3) is 22.3 Å². The summed E-state index contributed by atoms with van der Waals surface area (Å²) in [4.78, 5) is 31.9. The number of benzene rings is 2. The second kappa shape index (κ2) is 10.0. The molecule has 8 nitrogen and oxygen atoms in total. The number of aromatic nitrogens is 3. The predicted molar refractivity (Wildman–Crippen MR) is 139 cm³/mol. The Bertz CT molecular complexity index is 1380. The Balaban J connectivity index is 1.17. The van der Waals surface area contributed by atoms with E-state index < -0.39 is 0 Å². The summed E-state index contributed by atoms with van der Waals surface area (Å²) in [5.41, 5.74) is 10.8. The van der Waals surface area contributed by atoms with Gasteiger partial charge in [-0.2, -0.15) is 5.10 Å². The molecule has 0 saturated carbocycles. The average Bonchev–Trinajstić information content (AvgIpc) is 3.57. The number of likely N-dealkylation sites (tertiary alicyclic amines) is 1. The molecule has 0 radical (unpaired) electrons. The molecule has 1 aliphatic rings. The highest BCUT2D eigenvalue weighted by atomic mass is 16.2. The van der Waals surface area contributed by atoms with Gasteiger partial charge in [-0.05, 0) is 41.7 Å². The van der Waals surface area contributed by atoms with E-state index in [0.717, 1.165) is 28.7 Å². The van der Waals surface area contributed by atoms with Gasteiger partial charge < -0.3 is 16.0 Å². The van der Waals surface area contributed by atoms with Crippen molar-refractivity contribution in [3.05, 3.63) is 90.4 Å². The van der Waals surface area contributed by atoms with E-state index >= 15 is 0 Å². The van der Waals surface area contributed by atoms with Gasteiger partial charge in [-0.25, -0.2) is 4.98 Å². The third kappa shape index (κ3) is 4.98. The van der Waals surface area contributed by atoms with Crippen LogP contribution in [0.4, 0.5) is 5.82 Å². The van der Waals surface area contributed by atoms with Crippen LogP contribution in [0.3, 0.4) is 0 Å². The van der Waals surface area contributed by atoms with Crippen molar-refractivity contribution < 1.29 is 9.59 Å². The number of nitrogens with two attached hydrogens (primary N) is 1. The molecular weight excluding hydrogens is 452 g/mol. The molecule has 0 aliphatic carbocycles. The Hall–Kier alpha value is -4.46. The number of carbonyl (C=O) groups excluding carboxylic acids is 2. The summed E-state index contributed by atoms with van der Waals surface area (Å²) < 4.78 is 1.69. The number of nitrogens with zero attached hydrogens (tertiary/aromatic N) is 4. The maximum Gasteiger partial charge on any atom is 0.255 e. The van der Waals surface area contributed by atoms with Crippen molar-refractivity contribution in [1.82, 2.24) is 25.0 Å². The van der Waals surface area contributed by atoms with Gasteiger partial charge in [0, 0.05) is 55.8 Å². The van der Waals surface area contributed by atoms with Crippen LogP contribution >= 0.6 is 0 Å². The molecule has 3 heterocycles. The van der Waals surface area contributed by atoms with Crippen molar-refractivity contribution >= 4 is 17.6 Å². The Labute approximate surface area is 209 Å². The van der Waals surface area contributed by atoms with Gasteiger partial charge in [-0.3, -0.25) is 14.3 Å². The molecule has 182 valence electrons. The van der Waals surface area contributed by atoms with E-state index in [1.165, 1.54) is 0 Å². The zero-order valence-electron chi connectivity index (χ0n) is 20.1. The smallest absolute Gasteiger partial charge is 0.255 e. The molecule has 36 heavy (non-hydrogen) atoms. The molecule has 0 spiro atoms. The molecule has 0 bridgehead atoms. The number of hydrogen-bond acceptors (Lipinski definition) is 5. The molecule has 5 rings (SSSR count). The number of anilines is 1. The van der Waals surface area contributed by atoms with Gasteiger partial charge in [0.2, 0.25) is 0 Å². The number of rotatable bonds is 6. The summed E-state index contributed by atoms with van der Waals surface area (Å²) in [6, 6.07) is 19.5. The van der Waals surface area contributed by atoms with Crippen LogP contribution in [0.15, 0.2) is 79.3 Å². The van der Waals surface area contributed by atoms with Crippen LogP contribution in [0.1, 0.15) is 27.1 Å². The van der Waals surface area contributed by atoms with E-state index in [9.17, 15) is 9.59 Å². The summed E-state index contributed by atoms with van der Waals surface area (Å²) >= 11 is 0. The molecular formula is C28H28N6O2. The summed E-state index contributed by atoms with van der Waals surface area (Å²) in [6.45, 7) is 1.73. The molecule has 0 unspecified atom stereocenters. The number of carbonyl (C=O) groups is 2. The van der Waals surface area contributed by atoms with Crippen molar-refractivity contribution in [3.8, 4) is 22.3 Å². The molecule has 2 aromatic heterocycles. The molecule has 2 amide bonds. The normalized spacial score (nSPS) is 15.1. The van der Waals surface area contributed by atoms with Crippen molar-refractivity contribution in [2.75, 3.05) is 25.4 Å². The number of nitrogen functional groups attached to an aromatic ring is 1. The van der Waals surface area contributed by atoms with Crippen molar-refractivity contribution in [3.63, 3.8) is 0 Å². The van der Waals surface area contributed by atoms with Gasteiger partial charge in [0.05, 0.1) is 11.8 Å². The molecule has 1 aliphatic heterocycles. The molecule has 3 N–H and O–H groups in total. The first-order chi connectivity index (χ1) is 17.5. The second-order valence-corrected chi connectivity index (χ2v) is 9.12. The molecule has 1 fully saturated rings. The maximum atomic E-state index is 13.0. The Morgan fingerprint density at radius 2 is 1.75 bits per heavy atom. The average molecular weight is 481 g/mol. The van der Waals surface area contributed by atoms with Gasteiger partial charge in [0.1, 0.15) is 5.82 Å². The van der Waals surface area contributed by atoms with Crippen LogP contribution in [0, 0.1) is 5.92 Å². The van der Waals surface area contributed by atoms with Gasteiger partial charge in [-0.1, -0.05) is 42.5 Å². The SMILES string of the molecule is Cn1cc(-c2cnc(N)c(C(=O)NC[C@H]3CCN(C(=O)c4ccc(-c5ccccc5)cc4)C3)c2)cn1. The molecule has 1 atom stereocenters. The Kier molecular flexibility index (Phi) is 6.49. The summed E-state index contributed by atoms with van der Waals surface area (Å²) in [5, 5.41) is 7.14. The van der Waals surface area contributed by atoms with E-state index in [1.807, 2.05) is 60.6 Å². The van der Waals surface area contributed by atoms with Gasteiger partial charge in [0.15, 0.2) is 0 Å². The molecule has 4 aromatic rings. The summed E-state index contributed by atoms with van der Waals surface area (Å²) in [5.74, 6) is 0.104. The van der Waals surface area contributed by atoms with Gasteiger partial charge >= 0.3 is 0 Å². The lowest BCUT2D eigenvalue weighted by Crippen LogP contribution is -2.33. The fourth-order valence-corrected chi connectivity index (χ4v) is 4.52. The minimum Gasteiger partial charge on any atom is -0.383 e. The highest BCUT2D eigenvalue weighted by Crippen LogP contribution is 2.24. The number of pyridine rings is 1. The first-order valence-corrected chi connectivity index (χ1v) is 12.0. The summed E-state index contributed by atoms with van der Waals surface area (Å²) in [7, 11) is 1.83. The highest BCUT2D eigenvalue weighted by molar-refractivity contribution is 5.99. The van der Waals surface area contributed by atoms with Crippen LogP contribution in [0.2, 0.25) is 0 Å². The zero-order valence-corrected chi connectivity index (χ0v) is 20.1. The fourth-order valence-electron chi connectivity index (χ4n) is 4.52. The standard InChI is InChI=1S/C28H28N6O2/c1-33-18-24(16-32-33)23-13-25(26(29)30-15-23)27(35)31-14-19-11-12-34(17-19)28(36)22-9-7-21(8-10-22)20-5-3-2-4-6-20/h2-10,13,15-16,18-19H,11-12,14,17H2,1H3,(H2,29,30)(H,31,35)/t19-/m1/s1. The second-order valence-electron chi connectivity index (χ2n) is 9.12. The molecule has 1 saturated heterocycles. The van der Waals surface area contributed by atoms with E-state index in [0.29, 0.717) is 30.8 Å². The largest absolute Gasteiger partial charge is 0.383 e. The Morgan fingerprint density at radius 3 is 2.47 bits per heavy atom. The minimum atomic E-state index is -0.271. The number of nitrogens with one attached hydrogen (secondary N) is 1. The zero-order chi connectivity index (χ0) is 25.1. The lowest BCUT2D eigenvalue weighted by atomic mass is 10.0. The third-order valence-electron chi connectivity index (χ3n) is 6.56. The van der Waals surface area contributed by atoms with Crippen LogP contribution in [-0.4, -0.2) is 51.1 Å². The van der Waals surface area contributed by atoms with Crippen LogP contribution in [0.5, 0.6) is 0 Å². The number of aryl methyl sites for hydroxylation is 1. The highest BCUT2D eigenvalue weighted by Gasteiger charge is 2.27. The van der Waals surface area contributed by atoms with Gasteiger partial charge in [-0.15, -0.1) is 0 Å². The van der Waals surface area contributed by atoms with Crippen LogP contribution < -0.4 is 11.1 Å². The first-order valence-electron chi connectivity index (χ1n) is 12.0. The van der Waals surface area contributed by atoms with E-state index in [4.69, 9.17) is 5.73 Å². The minimum absolute atomic E-state index is 0.0149. The first kappa shape index (κ1) is 23.3. The third-order valence-corrected chi connectivity index (χ3v) is 6.56. The van der Waals surface area contributed by atoms with Crippen molar-refractivity contribution in [1.29, 1.82) is 0 Å². The predicted octanol–water partition coefficient (Wildman–Crippen LogP) is 3.62. The van der Waals surface area contributed by atoms with Crippen LogP contribution in [-0.2, 0) is 7.05 Å². The van der Waals surface area contributed by atoms with Crippen molar-refractivity contribution in [2.45, 2.75) is 6.42 Å². The quantitative estimate of drug-likeness (QED) is 0.438. The molecule has 2 aromatic carbocycles. The maximum absolute atomic E-state index is 13.0. The summed E-state index contributed by atoms with van der Waals surface area (Å²) in [6.07, 6.45) is 6.04. The van der Waals surface area contributed by atoms with E-state index in [-0.39, 0.29) is 23.6 Å². The lowest BCUT2D eigenvalue weighted by molar-refractivity contribution is 0.0787. The van der Waals surface area contributed by atoms with Gasteiger partial charge in [0.25, 0.3) is 11.8 Å². The Morgan fingerprint density at radius 1 is 1.00 bits per heavy atom. The number of hydrogen-bond donors (Lipinski definition) is 2. The lowest BCUT2D eigenvalue weighted by Gasteiger charge is -2.17. The van der Waals surface area contributed by atoms with E-state index in [1.54, 1.807) is 23.1 Å². The topological polar surface area (TPSA) is 106 Å². The number of amides is 2.